The highest BCUT2D eigenvalue weighted by atomic mass is 16.4. The molecule has 0 radical (unpaired) electrons. The molecule has 2 heterocycles. The fourth-order valence-electron chi connectivity index (χ4n) is 2.82. The van der Waals surface area contributed by atoms with Gasteiger partial charge in [-0.1, -0.05) is 0 Å². The minimum Gasteiger partial charge on any atom is -0.480 e. The Morgan fingerprint density at radius 3 is 2.33 bits per heavy atom. The van der Waals surface area contributed by atoms with Crippen molar-refractivity contribution in [1.82, 2.24) is 9.80 Å². The monoisotopic (exact) mass is 254 g/mol. The predicted octanol–water partition coefficient (Wildman–Crippen LogP) is 0.794. The molecule has 2 aliphatic heterocycles. The van der Waals surface area contributed by atoms with Gasteiger partial charge in [0, 0.05) is 19.1 Å². The maximum atomic E-state index is 12.2. The van der Waals surface area contributed by atoms with Crippen LogP contribution >= 0.6 is 0 Å². The number of carboxylic acid groups (broad SMARTS) is 1. The number of amides is 1. The van der Waals surface area contributed by atoms with E-state index in [1.165, 1.54) is 26.7 Å². The quantitative estimate of drug-likeness (QED) is 0.757. The number of aliphatic carboxylic acids is 1. The zero-order chi connectivity index (χ0) is 13.3. The lowest BCUT2D eigenvalue weighted by molar-refractivity contribution is -0.157. The van der Waals surface area contributed by atoms with Crippen molar-refractivity contribution in [3.05, 3.63) is 0 Å². The number of carbonyl (C=O) groups is 2. The Labute approximate surface area is 108 Å². The van der Waals surface area contributed by atoms with E-state index in [9.17, 15) is 9.59 Å². The molecule has 0 aliphatic carbocycles. The molecule has 0 saturated carbocycles. The summed E-state index contributed by atoms with van der Waals surface area (Å²) in [7, 11) is 0. The average Bonchev–Trinajstić information content (AvgIpc) is 2.98. The first kappa shape index (κ1) is 13.3. The minimum atomic E-state index is -1.31. The van der Waals surface area contributed by atoms with Crippen molar-refractivity contribution in [2.75, 3.05) is 26.2 Å². The number of rotatable bonds is 3. The summed E-state index contributed by atoms with van der Waals surface area (Å²) in [6, 6.07) is 0.432. The van der Waals surface area contributed by atoms with Crippen molar-refractivity contribution < 1.29 is 14.7 Å². The molecule has 0 aromatic rings. The third-order valence-corrected chi connectivity index (χ3v) is 4.18. The maximum Gasteiger partial charge on any atom is 0.318 e. The van der Waals surface area contributed by atoms with Gasteiger partial charge >= 0.3 is 5.97 Å². The minimum absolute atomic E-state index is 0.253. The van der Waals surface area contributed by atoms with Gasteiger partial charge in [0.25, 0.3) is 0 Å². The van der Waals surface area contributed by atoms with Crippen LogP contribution in [0.5, 0.6) is 0 Å². The van der Waals surface area contributed by atoms with E-state index >= 15 is 0 Å². The maximum absolute atomic E-state index is 12.2. The third kappa shape index (κ3) is 2.36. The average molecular weight is 254 g/mol. The largest absolute Gasteiger partial charge is 0.480 e. The van der Waals surface area contributed by atoms with Gasteiger partial charge in [0.2, 0.25) is 5.91 Å². The Morgan fingerprint density at radius 2 is 1.78 bits per heavy atom. The van der Waals surface area contributed by atoms with Crippen LogP contribution in [0.4, 0.5) is 0 Å². The molecule has 5 nitrogen and oxygen atoms in total. The molecule has 2 saturated heterocycles. The number of carboxylic acids is 1. The number of carbonyl (C=O) groups excluding carboxylic acids is 1. The van der Waals surface area contributed by atoms with Crippen LogP contribution < -0.4 is 0 Å². The van der Waals surface area contributed by atoms with E-state index in [1.807, 2.05) is 0 Å². The molecule has 1 atom stereocenters. The number of likely N-dealkylation sites (tertiary alicyclic amines) is 2. The summed E-state index contributed by atoms with van der Waals surface area (Å²) < 4.78 is 0. The Hall–Kier alpha value is -1.10. The molecule has 2 rings (SSSR count). The van der Waals surface area contributed by atoms with Crippen LogP contribution in [0.2, 0.25) is 0 Å². The summed E-state index contributed by atoms with van der Waals surface area (Å²) in [4.78, 5) is 27.4. The van der Waals surface area contributed by atoms with E-state index in [1.54, 1.807) is 4.90 Å². The molecule has 18 heavy (non-hydrogen) atoms. The molecule has 1 N–H and O–H groups in total. The highest BCUT2D eigenvalue weighted by Crippen LogP contribution is 2.25. The van der Waals surface area contributed by atoms with Gasteiger partial charge < -0.3 is 10.0 Å². The molecular weight excluding hydrogens is 232 g/mol. The first-order valence-corrected chi connectivity index (χ1v) is 6.70. The van der Waals surface area contributed by atoms with Gasteiger partial charge in [-0.15, -0.1) is 0 Å². The third-order valence-electron chi connectivity index (χ3n) is 4.18. The van der Waals surface area contributed by atoms with Crippen LogP contribution in [0.1, 0.15) is 33.1 Å². The van der Waals surface area contributed by atoms with Crippen molar-refractivity contribution in [3.63, 3.8) is 0 Å². The molecule has 2 aliphatic rings. The number of nitrogens with zero attached hydrogens (tertiary/aromatic N) is 2. The van der Waals surface area contributed by atoms with Crippen molar-refractivity contribution in [2.45, 2.75) is 39.2 Å². The van der Waals surface area contributed by atoms with Crippen molar-refractivity contribution in [1.29, 1.82) is 0 Å². The van der Waals surface area contributed by atoms with E-state index in [-0.39, 0.29) is 5.91 Å². The Morgan fingerprint density at radius 1 is 1.17 bits per heavy atom. The van der Waals surface area contributed by atoms with E-state index in [2.05, 4.69) is 4.90 Å². The van der Waals surface area contributed by atoms with Crippen molar-refractivity contribution in [3.8, 4) is 0 Å². The Balaban J connectivity index is 1.96. The van der Waals surface area contributed by atoms with Gasteiger partial charge in [0.15, 0.2) is 0 Å². The highest BCUT2D eigenvalue weighted by Gasteiger charge is 2.42. The van der Waals surface area contributed by atoms with Gasteiger partial charge in [-0.3, -0.25) is 14.5 Å². The summed E-state index contributed by atoms with van der Waals surface area (Å²) in [6.07, 6.45) is 3.46. The normalized spacial score (nSPS) is 25.7. The molecule has 0 spiro atoms. The van der Waals surface area contributed by atoms with Crippen LogP contribution in [0.3, 0.4) is 0 Å². The van der Waals surface area contributed by atoms with E-state index in [0.717, 1.165) is 19.5 Å². The van der Waals surface area contributed by atoms with E-state index in [0.29, 0.717) is 19.1 Å². The molecule has 0 aromatic carbocycles. The van der Waals surface area contributed by atoms with Gasteiger partial charge in [-0.25, -0.2) is 0 Å². The lowest BCUT2D eigenvalue weighted by Gasteiger charge is -2.27. The van der Waals surface area contributed by atoms with Crippen LogP contribution in [-0.4, -0.2) is 59.0 Å². The second kappa shape index (κ2) is 4.88. The Bertz CT molecular complexity index is 348. The first-order chi connectivity index (χ1) is 8.43. The number of hydrogen-bond acceptors (Lipinski definition) is 3. The fraction of sp³-hybridized carbons (Fsp3) is 0.846. The van der Waals surface area contributed by atoms with Crippen LogP contribution in [-0.2, 0) is 9.59 Å². The molecular formula is C13H22N2O3. The lowest BCUT2D eigenvalue weighted by atomic mass is 9.92. The van der Waals surface area contributed by atoms with Crippen molar-refractivity contribution in [2.24, 2.45) is 5.41 Å². The summed E-state index contributed by atoms with van der Waals surface area (Å²) >= 11 is 0. The highest BCUT2D eigenvalue weighted by molar-refractivity contribution is 6.01. The zero-order valence-electron chi connectivity index (χ0n) is 11.2. The topological polar surface area (TPSA) is 60.9 Å². The van der Waals surface area contributed by atoms with Crippen LogP contribution in [0.25, 0.3) is 0 Å². The van der Waals surface area contributed by atoms with Crippen molar-refractivity contribution >= 4 is 11.9 Å². The number of hydrogen-bond donors (Lipinski definition) is 1. The second-order valence-electron chi connectivity index (χ2n) is 5.87. The van der Waals surface area contributed by atoms with Gasteiger partial charge in [-0.2, -0.15) is 0 Å². The summed E-state index contributed by atoms with van der Waals surface area (Å²) in [5, 5.41) is 9.09. The Kier molecular flexibility index (Phi) is 3.61. The predicted molar refractivity (Wildman–Crippen MR) is 67.2 cm³/mol. The molecule has 1 amide bonds. The summed E-state index contributed by atoms with van der Waals surface area (Å²) in [5.74, 6) is -1.30. The molecule has 2 fully saturated rings. The van der Waals surface area contributed by atoms with E-state index in [4.69, 9.17) is 5.11 Å². The van der Waals surface area contributed by atoms with E-state index < -0.39 is 11.4 Å². The first-order valence-electron chi connectivity index (χ1n) is 6.70. The molecule has 102 valence electrons. The van der Waals surface area contributed by atoms with Gasteiger partial charge in [0.1, 0.15) is 5.41 Å². The lowest BCUT2D eigenvalue weighted by Crippen LogP contribution is -2.45. The molecule has 0 bridgehead atoms. The second-order valence-corrected chi connectivity index (χ2v) is 5.87. The smallest absolute Gasteiger partial charge is 0.318 e. The summed E-state index contributed by atoms with van der Waals surface area (Å²) in [6.45, 7) is 6.60. The molecule has 1 unspecified atom stereocenters. The summed E-state index contributed by atoms with van der Waals surface area (Å²) in [5.41, 5.74) is -1.31. The van der Waals surface area contributed by atoms with Crippen LogP contribution in [0.15, 0.2) is 0 Å². The SMILES string of the molecule is CC(C)(C(=O)O)C(=O)N1CCC(N2CCCC2)C1. The fourth-order valence-corrected chi connectivity index (χ4v) is 2.82. The van der Waals surface area contributed by atoms with Crippen LogP contribution in [0, 0.1) is 5.41 Å². The molecule has 0 aromatic heterocycles. The molecule has 5 heteroatoms. The van der Waals surface area contributed by atoms with Gasteiger partial charge in [0.05, 0.1) is 0 Å². The van der Waals surface area contributed by atoms with Gasteiger partial charge in [-0.05, 0) is 46.2 Å². The standard InChI is InChI=1S/C13H22N2O3/c1-13(2,12(17)18)11(16)15-8-5-10(9-15)14-6-3-4-7-14/h10H,3-9H2,1-2H3,(H,17,18). The zero-order valence-corrected chi connectivity index (χ0v) is 11.2.